The Kier molecular flexibility index (Phi) is 5.85. The van der Waals surface area contributed by atoms with Crippen molar-refractivity contribution < 1.29 is 18.0 Å². The molecule has 0 fully saturated rings. The van der Waals surface area contributed by atoms with Gasteiger partial charge in [0.05, 0.1) is 11.3 Å². The molecule has 164 valence electrons. The minimum absolute atomic E-state index is 0.252. The number of rotatable bonds is 5. The quantitative estimate of drug-likeness (QED) is 0.319. The fourth-order valence-corrected chi connectivity index (χ4v) is 3.49. The Balaban J connectivity index is 1.52. The Morgan fingerprint density at radius 2 is 1.81 bits per heavy atom. The fourth-order valence-electron chi connectivity index (χ4n) is 3.49. The molecule has 32 heavy (non-hydrogen) atoms. The minimum Gasteiger partial charge on any atom is -0.344 e. The second-order valence-electron chi connectivity index (χ2n) is 7.43. The molecule has 0 atom stereocenters. The van der Waals surface area contributed by atoms with Crippen LogP contribution in [0.15, 0.2) is 67.0 Å². The molecule has 2 amide bonds. The van der Waals surface area contributed by atoms with Crippen LogP contribution in [-0.4, -0.2) is 16.0 Å². The van der Waals surface area contributed by atoms with Crippen LogP contribution in [0.3, 0.4) is 0 Å². The van der Waals surface area contributed by atoms with Gasteiger partial charge in [0.25, 0.3) is 0 Å². The van der Waals surface area contributed by atoms with Gasteiger partial charge in [-0.15, -0.1) is 0 Å². The van der Waals surface area contributed by atoms with Crippen molar-refractivity contribution in [1.82, 2.24) is 9.97 Å². The summed E-state index contributed by atoms with van der Waals surface area (Å²) in [5.41, 5.74) is 3.80. The lowest BCUT2D eigenvalue weighted by Crippen LogP contribution is -2.19. The third kappa shape index (κ3) is 4.74. The number of nitrogens with zero attached hydrogens (tertiary/aromatic N) is 1. The van der Waals surface area contributed by atoms with Gasteiger partial charge in [0.1, 0.15) is 5.65 Å². The van der Waals surface area contributed by atoms with Gasteiger partial charge < -0.3 is 15.6 Å². The van der Waals surface area contributed by atoms with E-state index in [1.54, 1.807) is 12.4 Å². The molecule has 0 saturated heterocycles. The summed E-state index contributed by atoms with van der Waals surface area (Å²) < 4.78 is 38.1. The number of alkyl halides is 3. The van der Waals surface area contributed by atoms with E-state index in [1.807, 2.05) is 18.2 Å². The number of carbonyl (C=O) groups excluding carboxylic acids is 1. The van der Waals surface area contributed by atoms with E-state index >= 15 is 0 Å². The van der Waals surface area contributed by atoms with E-state index in [9.17, 15) is 18.0 Å². The third-order valence-corrected chi connectivity index (χ3v) is 5.05. The van der Waals surface area contributed by atoms with Crippen LogP contribution in [0.2, 0.25) is 0 Å². The number of aryl methyl sites for hydroxylation is 1. The van der Waals surface area contributed by atoms with Gasteiger partial charge in [0, 0.05) is 29.0 Å². The number of halogens is 3. The molecule has 0 aliphatic carbocycles. The first-order chi connectivity index (χ1) is 15.3. The Morgan fingerprint density at radius 3 is 2.53 bits per heavy atom. The van der Waals surface area contributed by atoms with E-state index in [4.69, 9.17) is 0 Å². The summed E-state index contributed by atoms with van der Waals surface area (Å²) in [7, 11) is 0. The molecule has 4 rings (SSSR count). The standard InChI is InChI=1S/C24H21F3N4O/c1-2-4-15-5-3-6-16(11-15)17-12-20-21(14-29-22(20)28-13-17)31-23(32)30-19-9-7-18(8-10-19)24(25,26)27/h3,5-14H,2,4H2,1H3,(H,28,29)(H2,30,31,32). The third-order valence-electron chi connectivity index (χ3n) is 5.05. The van der Waals surface area contributed by atoms with Crippen molar-refractivity contribution in [3.8, 4) is 11.1 Å². The average molecular weight is 438 g/mol. The summed E-state index contributed by atoms with van der Waals surface area (Å²) in [6.45, 7) is 2.13. The number of hydrogen-bond acceptors (Lipinski definition) is 2. The van der Waals surface area contributed by atoms with Crippen LogP contribution in [-0.2, 0) is 12.6 Å². The molecule has 2 aromatic heterocycles. The molecule has 2 heterocycles. The summed E-state index contributed by atoms with van der Waals surface area (Å²) in [4.78, 5) is 19.9. The van der Waals surface area contributed by atoms with E-state index in [1.165, 1.54) is 17.7 Å². The van der Waals surface area contributed by atoms with Gasteiger partial charge in [-0.25, -0.2) is 9.78 Å². The Labute approximate surface area is 182 Å². The number of aromatic nitrogens is 2. The van der Waals surface area contributed by atoms with Crippen LogP contribution >= 0.6 is 0 Å². The number of fused-ring (bicyclic) bond motifs is 1. The monoisotopic (exact) mass is 438 g/mol. The van der Waals surface area contributed by atoms with Gasteiger partial charge in [0.15, 0.2) is 0 Å². The smallest absolute Gasteiger partial charge is 0.344 e. The highest BCUT2D eigenvalue weighted by Crippen LogP contribution is 2.30. The number of pyridine rings is 1. The van der Waals surface area contributed by atoms with Gasteiger partial charge >= 0.3 is 12.2 Å². The number of anilines is 2. The van der Waals surface area contributed by atoms with Crippen molar-refractivity contribution in [2.45, 2.75) is 25.9 Å². The molecule has 0 spiro atoms. The van der Waals surface area contributed by atoms with Crippen LogP contribution in [0.1, 0.15) is 24.5 Å². The Morgan fingerprint density at radius 1 is 1.03 bits per heavy atom. The van der Waals surface area contributed by atoms with Crippen molar-refractivity contribution in [3.63, 3.8) is 0 Å². The van der Waals surface area contributed by atoms with E-state index in [2.05, 4.69) is 39.7 Å². The van der Waals surface area contributed by atoms with Crippen LogP contribution in [0.25, 0.3) is 22.2 Å². The Hall–Kier alpha value is -3.81. The number of carbonyl (C=O) groups is 1. The number of urea groups is 1. The topological polar surface area (TPSA) is 69.8 Å². The molecular formula is C24H21F3N4O. The molecule has 0 aliphatic rings. The summed E-state index contributed by atoms with van der Waals surface area (Å²) in [5, 5.41) is 5.99. The van der Waals surface area contributed by atoms with Crippen LogP contribution in [0.4, 0.5) is 29.3 Å². The maximum absolute atomic E-state index is 12.7. The van der Waals surface area contributed by atoms with Crippen LogP contribution in [0.5, 0.6) is 0 Å². The lowest BCUT2D eigenvalue weighted by molar-refractivity contribution is -0.137. The summed E-state index contributed by atoms with van der Waals surface area (Å²) in [6, 6.07) is 13.9. The average Bonchev–Trinajstić information content (AvgIpc) is 3.16. The van der Waals surface area contributed by atoms with Gasteiger partial charge in [-0.2, -0.15) is 13.2 Å². The van der Waals surface area contributed by atoms with Gasteiger partial charge in [-0.05, 0) is 47.9 Å². The number of hydrogen-bond donors (Lipinski definition) is 3. The van der Waals surface area contributed by atoms with Crippen molar-refractivity contribution in [2.75, 3.05) is 10.6 Å². The second-order valence-corrected chi connectivity index (χ2v) is 7.43. The summed E-state index contributed by atoms with van der Waals surface area (Å²) in [6.07, 6.45) is 1.02. The molecular weight excluding hydrogens is 417 g/mol. The van der Waals surface area contributed by atoms with Gasteiger partial charge in [-0.3, -0.25) is 0 Å². The summed E-state index contributed by atoms with van der Waals surface area (Å²) in [5.74, 6) is 0. The van der Waals surface area contributed by atoms with Crippen LogP contribution < -0.4 is 10.6 Å². The SMILES string of the molecule is CCCc1cccc(-c2cnc3[nH]cc(NC(=O)Nc4ccc(C(F)(F)F)cc4)c3c2)c1. The molecule has 0 saturated carbocycles. The van der Waals surface area contributed by atoms with Crippen molar-refractivity contribution in [1.29, 1.82) is 0 Å². The number of benzene rings is 2. The van der Waals surface area contributed by atoms with E-state index < -0.39 is 17.8 Å². The highest BCUT2D eigenvalue weighted by Gasteiger charge is 2.30. The number of amides is 2. The molecule has 2 aromatic carbocycles. The molecule has 0 unspecified atom stereocenters. The van der Waals surface area contributed by atoms with E-state index in [-0.39, 0.29) is 5.69 Å². The van der Waals surface area contributed by atoms with Gasteiger partial charge in [-0.1, -0.05) is 37.6 Å². The highest BCUT2D eigenvalue weighted by atomic mass is 19.4. The lowest BCUT2D eigenvalue weighted by atomic mass is 10.0. The normalized spacial score (nSPS) is 11.5. The minimum atomic E-state index is -4.43. The molecule has 0 aliphatic heterocycles. The zero-order valence-corrected chi connectivity index (χ0v) is 17.3. The molecule has 5 nitrogen and oxygen atoms in total. The Bertz CT molecular complexity index is 1250. The predicted octanol–water partition coefficient (Wildman–Crippen LogP) is 6.85. The predicted molar refractivity (Wildman–Crippen MR) is 120 cm³/mol. The molecule has 4 aromatic rings. The zero-order chi connectivity index (χ0) is 22.7. The largest absolute Gasteiger partial charge is 0.416 e. The van der Waals surface area contributed by atoms with E-state index in [0.29, 0.717) is 11.3 Å². The number of nitrogens with one attached hydrogen (secondary N) is 3. The molecule has 0 radical (unpaired) electrons. The maximum Gasteiger partial charge on any atom is 0.416 e. The molecule has 8 heteroatoms. The zero-order valence-electron chi connectivity index (χ0n) is 17.3. The maximum atomic E-state index is 12.7. The lowest BCUT2D eigenvalue weighted by Gasteiger charge is -2.10. The second kappa shape index (κ2) is 8.74. The van der Waals surface area contributed by atoms with Crippen molar-refractivity contribution in [3.05, 3.63) is 78.1 Å². The van der Waals surface area contributed by atoms with E-state index in [0.717, 1.165) is 41.5 Å². The first-order valence-corrected chi connectivity index (χ1v) is 10.1. The van der Waals surface area contributed by atoms with Crippen molar-refractivity contribution >= 4 is 28.4 Å². The molecule has 3 N–H and O–H groups in total. The van der Waals surface area contributed by atoms with Crippen LogP contribution in [0, 0.1) is 0 Å². The highest BCUT2D eigenvalue weighted by molar-refractivity contribution is 6.05. The first kappa shape index (κ1) is 21.4. The summed E-state index contributed by atoms with van der Waals surface area (Å²) >= 11 is 0. The first-order valence-electron chi connectivity index (χ1n) is 10.1. The number of aromatic amines is 1. The fraction of sp³-hybridized carbons (Fsp3) is 0.167. The van der Waals surface area contributed by atoms with Crippen molar-refractivity contribution in [2.24, 2.45) is 0 Å². The molecule has 0 bridgehead atoms. The van der Waals surface area contributed by atoms with Gasteiger partial charge in [0.2, 0.25) is 0 Å². The number of H-pyrrole nitrogens is 1.